The van der Waals surface area contributed by atoms with E-state index in [1.807, 2.05) is 0 Å². The van der Waals surface area contributed by atoms with E-state index in [1.54, 1.807) is 18.3 Å². The van der Waals surface area contributed by atoms with Crippen molar-refractivity contribution in [1.82, 2.24) is 15.1 Å². The van der Waals surface area contributed by atoms with E-state index in [2.05, 4.69) is 20.2 Å². The van der Waals surface area contributed by atoms with Gasteiger partial charge in [0.2, 0.25) is 4.91 Å². The minimum atomic E-state index is 0.337. The van der Waals surface area contributed by atoms with Crippen LogP contribution in [-0.2, 0) is 0 Å². The summed E-state index contributed by atoms with van der Waals surface area (Å²) < 4.78 is 5.41. The Morgan fingerprint density at radius 3 is 3.25 bits per heavy atom. The lowest BCUT2D eigenvalue weighted by Crippen LogP contribution is -2.03. The third kappa shape index (κ3) is 1.99. The van der Waals surface area contributed by atoms with Crippen LogP contribution in [0.2, 0.25) is 0 Å². The number of rotatable bonds is 4. The van der Waals surface area contributed by atoms with E-state index in [9.17, 15) is 0 Å². The summed E-state index contributed by atoms with van der Waals surface area (Å²) in [4.78, 5) is 2.88. The molecule has 0 aliphatic heterocycles. The van der Waals surface area contributed by atoms with Crippen LogP contribution in [0.4, 0.5) is 5.69 Å². The van der Waals surface area contributed by atoms with Crippen LogP contribution in [0, 0.1) is 5.53 Å². The summed E-state index contributed by atoms with van der Waals surface area (Å²) in [5, 5.41) is 11.1. The number of fused-ring (bicyclic) bond motifs is 1. The molecular formula is C9H11N6O+. The number of hydrogen-bond acceptors (Lipinski definition) is 5. The third-order valence-corrected chi connectivity index (χ3v) is 2.09. The highest BCUT2D eigenvalue weighted by Gasteiger charge is 2.04. The Bertz CT molecular complexity index is 542. The highest BCUT2D eigenvalue weighted by Crippen LogP contribution is 2.26. The molecule has 7 nitrogen and oxygen atoms in total. The van der Waals surface area contributed by atoms with E-state index in [1.165, 1.54) is 0 Å². The van der Waals surface area contributed by atoms with Crippen LogP contribution < -0.4 is 15.4 Å². The molecule has 16 heavy (non-hydrogen) atoms. The number of nitrogens with one attached hydrogen (secondary N) is 2. The summed E-state index contributed by atoms with van der Waals surface area (Å²) >= 11 is 0. The molecule has 4 N–H and O–H groups in total. The van der Waals surface area contributed by atoms with E-state index < -0.39 is 0 Å². The maximum absolute atomic E-state index is 6.48. The third-order valence-electron chi connectivity index (χ3n) is 2.09. The van der Waals surface area contributed by atoms with Gasteiger partial charge in [-0.25, -0.2) is 0 Å². The molecule has 1 aromatic carbocycles. The fourth-order valence-corrected chi connectivity index (χ4v) is 1.36. The summed E-state index contributed by atoms with van der Waals surface area (Å²) in [6.45, 7) is 0.677. The van der Waals surface area contributed by atoms with E-state index in [4.69, 9.17) is 16.0 Å². The normalized spacial score (nSPS) is 10.0. The van der Waals surface area contributed by atoms with Crippen molar-refractivity contribution in [2.75, 3.05) is 18.9 Å². The topological polar surface area (TPSA) is 114 Å². The number of anilines is 1. The first kappa shape index (κ1) is 10.1. The average Bonchev–Trinajstić information content (AvgIpc) is 2.71. The molecule has 0 radical (unpaired) electrons. The number of H-pyrrole nitrogens is 1. The summed E-state index contributed by atoms with van der Waals surface area (Å²) in [6, 6.07) is 3.58. The zero-order valence-electron chi connectivity index (χ0n) is 8.47. The summed E-state index contributed by atoms with van der Waals surface area (Å²) in [7, 11) is 0. The van der Waals surface area contributed by atoms with E-state index in [0.29, 0.717) is 24.6 Å². The molecule has 1 heterocycles. The molecule has 0 aliphatic carbocycles. The second kappa shape index (κ2) is 4.41. The van der Waals surface area contributed by atoms with Gasteiger partial charge in [-0.3, -0.25) is 5.10 Å². The summed E-state index contributed by atoms with van der Waals surface area (Å²) in [5.74, 6) is 0.580. The zero-order chi connectivity index (χ0) is 11.4. The fraction of sp³-hybridized carbons (Fsp3) is 0.222. The number of nitrogens with two attached hydrogens (primary N) is 1. The van der Waals surface area contributed by atoms with Crippen molar-refractivity contribution in [1.29, 1.82) is 5.53 Å². The first-order valence-corrected chi connectivity index (χ1v) is 4.70. The minimum Gasteiger partial charge on any atom is -0.489 e. The Balaban J connectivity index is 2.16. The number of nitrogens with zero attached hydrogens (tertiary/aromatic N) is 3. The largest absolute Gasteiger partial charge is 0.489 e. The second-order valence-electron chi connectivity index (χ2n) is 3.16. The van der Waals surface area contributed by atoms with Gasteiger partial charge >= 0.3 is 0 Å². The van der Waals surface area contributed by atoms with Crippen molar-refractivity contribution in [3.63, 3.8) is 0 Å². The molecule has 0 saturated heterocycles. The average molecular weight is 219 g/mol. The number of nitrogen functional groups attached to an aromatic ring is 1. The van der Waals surface area contributed by atoms with Crippen LogP contribution in [0.25, 0.3) is 10.9 Å². The predicted octanol–water partition coefficient (Wildman–Crippen LogP) is 1.07. The van der Waals surface area contributed by atoms with Crippen molar-refractivity contribution in [3.8, 4) is 5.75 Å². The molecule has 0 bridgehead atoms. The quantitative estimate of drug-likeness (QED) is 0.309. The summed E-state index contributed by atoms with van der Waals surface area (Å²) in [5.41, 5.74) is 13.7. The van der Waals surface area contributed by atoms with Gasteiger partial charge in [-0.1, -0.05) is 0 Å². The van der Waals surface area contributed by atoms with Crippen LogP contribution in [0.1, 0.15) is 0 Å². The Labute approximate surface area is 90.8 Å². The molecule has 0 atom stereocenters. The standard InChI is InChI=1S/C9H10N6O/c10-7-3-6-5-13-14-8(6)4-9(7)16-2-1-12-15-11/h3-5,10H,1-2H2,(H2,11,12)/p+1. The molecular weight excluding hydrogens is 208 g/mol. The molecule has 0 unspecified atom stereocenters. The first-order chi connectivity index (χ1) is 7.81. The number of aromatic amines is 1. The Morgan fingerprint density at radius 2 is 2.44 bits per heavy atom. The molecule has 7 heteroatoms. The highest BCUT2D eigenvalue weighted by atomic mass is 16.5. The molecule has 1 aromatic heterocycles. The van der Waals surface area contributed by atoms with Crippen LogP contribution in [0.3, 0.4) is 0 Å². The Kier molecular flexibility index (Phi) is 2.79. The lowest BCUT2D eigenvalue weighted by molar-refractivity contribution is 0.328. The molecule has 0 aliphatic rings. The van der Waals surface area contributed by atoms with Gasteiger partial charge in [0.15, 0.2) is 6.54 Å². The van der Waals surface area contributed by atoms with Crippen LogP contribution in [0.15, 0.2) is 23.4 Å². The van der Waals surface area contributed by atoms with Crippen LogP contribution in [0.5, 0.6) is 5.75 Å². The predicted molar refractivity (Wildman–Crippen MR) is 58.1 cm³/mol. The minimum absolute atomic E-state index is 0.337. The van der Waals surface area contributed by atoms with Crippen LogP contribution >= 0.6 is 0 Å². The van der Waals surface area contributed by atoms with E-state index in [-0.39, 0.29) is 0 Å². The fourth-order valence-electron chi connectivity index (χ4n) is 1.36. The molecule has 2 aromatic rings. The van der Waals surface area contributed by atoms with Gasteiger partial charge in [-0.2, -0.15) is 5.10 Å². The zero-order valence-corrected chi connectivity index (χ0v) is 8.47. The Morgan fingerprint density at radius 1 is 1.56 bits per heavy atom. The maximum Gasteiger partial charge on any atom is 0.214 e. The lowest BCUT2D eigenvalue weighted by Gasteiger charge is -2.06. The maximum atomic E-state index is 6.48. The van der Waals surface area contributed by atoms with E-state index in [0.717, 1.165) is 10.9 Å². The van der Waals surface area contributed by atoms with Gasteiger partial charge in [0.1, 0.15) is 23.0 Å². The van der Waals surface area contributed by atoms with Gasteiger partial charge in [0.05, 0.1) is 17.4 Å². The monoisotopic (exact) mass is 219 g/mol. The van der Waals surface area contributed by atoms with Gasteiger partial charge < -0.3 is 10.5 Å². The second-order valence-corrected chi connectivity index (χ2v) is 3.16. The van der Waals surface area contributed by atoms with Crippen molar-refractivity contribution >= 4 is 16.6 Å². The van der Waals surface area contributed by atoms with Crippen molar-refractivity contribution in [2.45, 2.75) is 0 Å². The number of aromatic nitrogens is 2. The molecule has 0 amide bonds. The first-order valence-electron chi connectivity index (χ1n) is 4.70. The van der Waals surface area contributed by atoms with Crippen LogP contribution in [-0.4, -0.2) is 23.3 Å². The Hall–Kier alpha value is -2.40. The van der Waals surface area contributed by atoms with Gasteiger partial charge in [-0.15, -0.1) is 0 Å². The molecule has 0 fully saturated rings. The van der Waals surface area contributed by atoms with Gasteiger partial charge in [0, 0.05) is 11.5 Å². The molecule has 2 rings (SSSR count). The number of benzene rings is 1. The SMILES string of the molecule is N=[N+]=NCCOc1cc2[nH]ncc2cc1N. The highest BCUT2D eigenvalue weighted by molar-refractivity contribution is 5.84. The van der Waals surface area contributed by atoms with Gasteiger partial charge in [-0.05, 0) is 6.07 Å². The van der Waals surface area contributed by atoms with Crippen molar-refractivity contribution < 1.29 is 4.74 Å². The lowest BCUT2D eigenvalue weighted by atomic mass is 10.2. The number of ether oxygens (including phenoxy) is 1. The molecule has 0 spiro atoms. The summed E-state index contributed by atoms with van der Waals surface area (Å²) in [6.07, 6.45) is 1.70. The van der Waals surface area contributed by atoms with E-state index >= 15 is 0 Å². The van der Waals surface area contributed by atoms with Crippen molar-refractivity contribution in [2.24, 2.45) is 5.11 Å². The number of hydrogen-bond donors (Lipinski definition) is 3. The molecule has 82 valence electrons. The smallest absolute Gasteiger partial charge is 0.214 e. The van der Waals surface area contributed by atoms with Crippen molar-refractivity contribution in [3.05, 3.63) is 18.3 Å². The molecule has 0 saturated carbocycles. The van der Waals surface area contributed by atoms with Gasteiger partial charge in [0.25, 0.3) is 0 Å².